The molecule has 1 saturated heterocycles. The Hall–Kier alpha value is -1.40. The predicted molar refractivity (Wildman–Crippen MR) is 80.9 cm³/mol. The molecule has 1 atom stereocenters. The van der Waals surface area contributed by atoms with Crippen LogP contribution < -0.4 is 0 Å². The van der Waals surface area contributed by atoms with Crippen molar-refractivity contribution in [2.45, 2.75) is 25.2 Å². The molecule has 1 heterocycles. The third-order valence-corrected chi connectivity index (χ3v) is 6.11. The largest absolute Gasteiger partial charge is 0.380 e. The van der Waals surface area contributed by atoms with E-state index in [2.05, 4.69) is 0 Å². The quantitative estimate of drug-likeness (QED) is 0.848. The third kappa shape index (κ3) is 3.63. The zero-order valence-electron chi connectivity index (χ0n) is 12.4. The number of rotatable bonds is 3. The normalized spacial score (nSPS) is 21.8. The maximum Gasteiger partial charge on any atom is 0.254 e. The highest BCUT2D eigenvalue weighted by Crippen LogP contribution is 2.18. The molecule has 1 aromatic carbocycles. The molecule has 5 nitrogen and oxygen atoms in total. The first kappa shape index (κ1) is 16.0. The molecular weight excluding hydrogens is 290 g/mol. The first-order valence-electron chi connectivity index (χ1n) is 7.03. The molecule has 2 rings (SSSR count). The summed E-state index contributed by atoms with van der Waals surface area (Å²) >= 11 is 0. The molecule has 1 aliphatic heterocycles. The minimum Gasteiger partial charge on any atom is -0.380 e. The number of hydrogen-bond acceptors (Lipinski definition) is 4. The van der Waals surface area contributed by atoms with Crippen molar-refractivity contribution in [1.29, 1.82) is 0 Å². The van der Waals surface area contributed by atoms with Gasteiger partial charge in [0.1, 0.15) is 0 Å². The van der Waals surface area contributed by atoms with E-state index in [0.29, 0.717) is 25.1 Å². The molecule has 0 spiro atoms. The van der Waals surface area contributed by atoms with E-state index in [9.17, 15) is 13.2 Å². The summed E-state index contributed by atoms with van der Waals surface area (Å²) in [5.74, 6) is -0.0845. The Balaban J connectivity index is 2.21. The SMILES string of the molecule is COCc1ccccc1C(=O)N1CCC(C)S(=O)(=O)CC1. The van der Waals surface area contributed by atoms with Crippen LogP contribution in [-0.4, -0.2) is 50.4 Å². The van der Waals surface area contributed by atoms with Crippen LogP contribution in [0.3, 0.4) is 0 Å². The van der Waals surface area contributed by atoms with Gasteiger partial charge < -0.3 is 9.64 Å². The molecule has 1 fully saturated rings. The van der Waals surface area contributed by atoms with Crippen molar-refractivity contribution in [2.75, 3.05) is 26.0 Å². The van der Waals surface area contributed by atoms with Crippen molar-refractivity contribution < 1.29 is 17.9 Å². The van der Waals surface area contributed by atoms with Crippen LogP contribution in [-0.2, 0) is 21.2 Å². The lowest BCUT2D eigenvalue weighted by molar-refractivity contribution is 0.0762. The summed E-state index contributed by atoms with van der Waals surface area (Å²) in [6.07, 6.45) is 0.487. The molecule has 0 saturated carbocycles. The van der Waals surface area contributed by atoms with E-state index in [-0.39, 0.29) is 23.5 Å². The fourth-order valence-electron chi connectivity index (χ4n) is 2.45. The molecule has 21 heavy (non-hydrogen) atoms. The second-order valence-electron chi connectivity index (χ2n) is 5.35. The van der Waals surface area contributed by atoms with Crippen molar-refractivity contribution >= 4 is 15.7 Å². The second kappa shape index (κ2) is 6.58. The van der Waals surface area contributed by atoms with Gasteiger partial charge in [0.15, 0.2) is 9.84 Å². The molecule has 1 amide bonds. The monoisotopic (exact) mass is 311 g/mol. The molecule has 116 valence electrons. The molecular formula is C15H21NO4S. The van der Waals surface area contributed by atoms with E-state index in [0.717, 1.165) is 5.56 Å². The van der Waals surface area contributed by atoms with Crippen LogP contribution in [0.2, 0.25) is 0 Å². The Morgan fingerprint density at radius 3 is 2.76 bits per heavy atom. The highest BCUT2D eigenvalue weighted by atomic mass is 32.2. The summed E-state index contributed by atoms with van der Waals surface area (Å²) in [6, 6.07) is 7.29. The van der Waals surface area contributed by atoms with Gasteiger partial charge in [-0.05, 0) is 25.0 Å². The fraction of sp³-hybridized carbons (Fsp3) is 0.533. The van der Waals surface area contributed by atoms with Gasteiger partial charge in [0, 0.05) is 25.8 Å². The fourth-order valence-corrected chi connectivity index (χ4v) is 3.79. The number of carbonyl (C=O) groups excluding carboxylic acids is 1. The van der Waals surface area contributed by atoms with E-state index >= 15 is 0 Å². The maximum absolute atomic E-state index is 12.6. The molecule has 1 unspecified atom stereocenters. The summed E-state index contributed by atoms with van der Waals surface area (Å²) in [4.78, 5) is 14.3. The van der Waals surface area contributed by atoms with Crippen molar-refractivity contribution in [3.63, 3.8) is 0 Å². The molecule has 1 aromatic rings. The average Bonchev–Trinajstić information content (AvgIpc) is 2.59. The summed E-state index contributed by atoms with van der Waals surface area (Å²) < 4.78 is 28.9. The first-order chi connectivity index (χ1) is 9.95. The number of ether oxygens (including phenoxy) is 1. The van der Waals surface area contributed by atoms with Gasteiger partial charge in [-0.25, -0.2) is 8.42 Å². The Kier molecular flexibility index (Phi) is 5.00. The summed E-state index contributed by atoms with van der Waals surface area (Å²) in [5.41, 5.74) is 1.41. The highest BCUT2D eigenvalue weighted by molar-refractivity contribution is 7.92. The van der Waals surface area contributed by atoms with E-state index in [1.807, 2.05) is 18.2 Å². The number of hydrogen-bond donors (Lipinski definition) is 0. The van der Waals surface area contributed by atoms with E-state index in [4.69, 9.17) is 4.74 Å². The molecule has 0 bridgehead atoms. The molecule has 1 aliphatic rings. The highest BCUT2D eigenvalue weighted by Gasteiger charge is 2.29. The zero-order chi connectivity index (χ0) is 15.5. The Morgan fingerprint density at radius 2 is 2.05 bits per heavy atom. The van der Waals surface area contributed by atoms with Crippen LogP contribution in [0.15, 0.2) is 24.3 Å². The number of carbonyl (C=O) groups is 1. The number of sulfone groups is 1. The molecule has 6 heteroatoms. The first-order valence-corrected chi connectivity index (χ1v) is 8.75. The second-order valence-corrected chi connectivity index (χ2v) is 7.89. The lowest BCUT2D eigenvalue weighted by atomic mass is 10.1. The van der Waals surface area contributed by atoms with Gasteiger partial charge in [-0.2, -0.15) is 0 Å². The maximum atomic E-state index is 12.6. The predicted octanol–water partition coefficient (Wildman–Crippen LogP) is 1.48. The molecule has 0 N–H and O–H groups in total. The topological polar surface area (TPSA) is 63.7 Å². The molecule has 0 radical (unpaired) electrons. The van der Waals surface area contributed by atoms with Crippen molar-refractivity contribution in [3.8, 4) is 0 Å². The van der Waals surface area contributed by atoms with Gasteiger partial charge in [0.05, 0.1) is 17.6 Å². The molecule has 0 aromatic heterocycles. The van der Waals surface area contributed by atoms with Crippen molar-refractivity contribution in [2.24, 2.45) is 0 Å². The van der Waals surface area contributed by atoms with E-state index in [1.54, 1.807) is 25.0 Å². The van der Waals surface area contributed by atoms with Gasteiger partial charge in [0.25, 0.3) is 5.91 Å². The van der Waals surface area contributed by atoms with Gasteiger partial charge in [-0.1, -0.05) is 18.2 Å². The molecule has 0 aliphatic carbocycles. The lowest BCUT2D eigenvalue weighted by Gasteiger charge is -2.21. The number of benzene rings is 1. The van der Waals surface area contributed by atoms with Gasteiger partial charge in [-0.15, -0.1) is 0 Å². The summed E-state index contributed by atoms with van der Waals surface area (Å²) in [7, 11) is -1.50. The number of nitrogens with zero attached hydrogens (tertiary/aromatic N) is 1. The number of methoxy groups -OCH3 is 1. The van der Waals surface area contributed by atoms with Crippen LogP contribution >= 0.6 is 0 Å². The van der Waals surface area contributed by atoms with Crippen LogP contribution in [0.25, 0.3) is 0 Å². The van der Waals surface area contributed by atoms with E-state index < -0.39 is 9.84 Å². The van der Waals surface area contributed by atoms with E-state index in [1.165, 1.54) is 0 Å². The minimum absolute atomic E-state index is 0.0341. The number of amides is 1. The Morgan fingerprint density at radius 1 is 1.33 bits per heavy atom. The third-order valence-electron chi connectivity index (χ3n) is 3.90. The standard InChI is InChI=1S/C15H21NO4S/c1-12-7-8-16(9-10-21(12,18)19)15(17)14-6-4-3-5-13(14)11-20-2/h3-6,12H,7-11H2,1-2H3. The van der Waals surface area contributed by atoms with Crippen LogP contribution in [0, 0.1) is 0 Å². The van der Waals surface area contributed by atoms with Crippen LogP contribution in [0.4, 0.5) is 0 Å². The van der Waals surface area contributed by atoms with Gasteiger partial charge in [-0.3, -0.25) is 4.79 Å². The lowest BCUT2D eigenvalue weighted by Crippen LogP contribution is -2.34. The van der Waals surface area contributed by atoms with Gasteiger partial charge >= 0.3 is 0 Å². The smallest absolute Gasteiger partial charge is 0.254 e. The zero-order valence-corrected chi connectivity index (χ0v) is 13.2. The van der Waals surface area contributed by atoms with Gasteiger partial charge in [0.2, 0.25) is 0 Å². The van der Waals surface area contributed by atoms with Crippen molar-refractivity contribution in [1.82, 2.24) is 4.90 Å². The van der Waals surface area contributed by atoms with Crippen LogP contribution in [0.1, 0.15) is 29.3 Å². The summed E-state index contributed by atoms with van der Waals surface area (Å²) in [6.45, 7) is 2.81. The summed E-state index contributed by atoms with van der Waals surface area (Å²) in [5, 5.41) is -0.385. The Bertz CT molecular complexity index is 612. The van der Waals surface area contributed by atoms with Crippen molar-refractivity contribution in [3.05, 3.63) is 35.4 Å². The average molecular weight is 311 g/mol. The Labute approximate surface area is 125 Å². The van der Waals surface area contributed by atoms with Crippen LogP contribution in [0.5, 0.6) is 0 Å². The minimum atomic E-state index is -3.09.